The zero-order valence-corrected chi connectivity index (χ0v) is 17.8. The molecule has 0 atom stereocenters. The predicted octanol–water partition coefficient (Wildman–Crippen LogP) is 10.4. The molecule has 0 bridgehead atoms. The highest BCUT2D eigenvalue weighted by Crippen LogP contribution is 2.30. The zero-order chi connectivity index (χ0) is 19.4. The Balaban J connectivity index is -0.000000159. The van der Waals surface area contributed by atoms with Crippen molar-refractivity contribution in [2.75, 3.05) is 0 Å². The summed E-state index contributed by atoms with van der Waals surface area (Å²) in [6, 6.07) is 14.6. The van der Waals surface area contributed by atoms with Crippen molar-refractivity contribution in [3.63, 3.8) is 0 Å². The maximum Gasteiger partial charge on any atom is 0.0302 e. The lowest BCUT2D eigenvalue weighted by atomic mass is 9.95. The normalized spacial score (nSPS) is 12.2. The van der Waals surface area contributed by atoms with E-state index in [2.05, 4.69) is 76.9 Å². The Labute approximate surface area is 191 Å². The molecule has 0 unspecified atom stereocenters. The second kappa shape index (κ2) is 20.6. The molecule has 1 fully saturated rings. The third kappa shape index (κ3) is 15.2. The van der Waals surface area contributed by atoms with Crippen LogP contribution in [0.1, 0.15) is 120 Å². The highest BCUT2D eigenvalue weighted by molar-refractivity contribution is 5.17. The summed E-state index contributed by atoms with van der Waals surface area (Å²) >= 11 is 0. The lowest BCUT2D eigenvalue weighted by Gasteiger charge is -2.11. The molecule has 1 aromatic heterocycles. The van der Waals surface area contributed by atoms with Crippen molar-refractivity contribution < 1.29 is 0 Å². The molecule has 2 aromatic rings. The lowest BCUT2D eigenvalue weighted by molar-refractivity contribution is 0.396. The van der Waals surface area contributed by atoms with Crippen molar-refractivity contribution in [2.24, 2.45) is 11.8 Å². The van der Waals surface area contributed by atoms with Crippen molar-refractivity contribution in [2.45, 2.75) is 109 Å². The van der Waals surface area contributed by atoms with Crippen LogP contribution in [0.5, 0.6) is 0 Å². The molecular weight excluding hydrogens is 362 g/mol. The van der Waals surface area contributed by atoms with Crippen molar-refractivity contribution >= 4 is 0 Å². The van der Waals surface area contributed by atoms with Crippen LogP contribution in [-0.4, -0.2) is 4.98 Å². The fourth-order valence-corrected chi connectivity index (χ4v) is 3.18. The van der Waals surface area contributed by atoms with Gasteiger partial charge in [0, 0.05) is 12.4 Å². The van der Waals surface area contributed by atoms with Gasteiger partial charge in [0.2, 0.25) is 0 Å². The molecule has 30 heavy (non-hydrogen) atoms. The summed E-state index contributed by atoms with van der Waals surface area (Å²) in [5.41, 5.74) is 2.72. The van der Waals surface area contributed by atoms with E-state index in [1.807, 2.05) is 18.3 Å². The highest BCUT2D eigenvalue weighted by atomic mass is 14.6. The van der Waals surface area contributed by atoms with Crippen LogP contribution in [-0.2, 0) is 0 Å². The molecule has 0 spiro atoms. The predicted molar refractivity (Wildman–Crippen MR) is 143 cm³/mol. The van der Waals surface area contributed by atoms with Crippen molar-refractivity contribution in [1.82, 2.24) is 4.98 Å². The Kier molecular flexibility index (Phi) is 24.6. The average molecular weight is 418 g/mol. The van der Waals surface area contributed by atoms with Gasteiger partial charge in [0.1, 0.15) is 0 Å². The molecular formula is C29H55N. The first kappa shape index (κ1) is 35.8. The average Bonchev–Trinajstić information content (AvgIpc) is 3.19. The quantitative estimate of drug-likeness (QED) is 0.484. The Morgan fingerprint density at radius 1 is 0.667 bits per heavy atom. The van der Waals surface area contributed by atoms with Gasteiger partial charge < -0.3 is 0 Å². The highest BCUT2D eigenvalue weighted by Gasteiger charge is 2.17. The van der Waals surface area contributed by atoms with Crippen LogP contribution in [0.25, 0.3) is 0 Å². The Hall–Kier alpha value is -1.63. The number of hydrogen-bond donors (Lipinski definition) is 0. The van der Waals surface area contributed by atoms with Crippen LogP contribution in [0.15, 0.2) is 54.9 Å². The summed E-state index contributed by atoms with van der Waals surface area (Å²) < 4.78 is 0. The molecule has 0 saturated heterocycles. The minimum atomic E-state index is 0. The van der Waals surface area contributed by atoms with E-state index in [1.165, 1.54) is 36.8 Å². The van der Waals surface area contributed by atoms with Crippen molar-refractivity contribution in [1.29, 1.82) is 0 Å². The van der Waals surface area contributed by atoms with Crippen LogP contribution < -0.4 is 0 Å². The molecule has 1 nitrogen and oxygen atoms in total. The molecule has 1 aromatic carbocycles. The number of pyridine rings is 1. The molecule has 0 amide bonds. The van der Waals surface area contributed by atoms with Crippen LogP contribution in [0, 0.1) is 11.8 Å². The van der Waals surface area contributed by atoms with E-state index in [4.69, 9.17) is 0 Å². The molecule has 176 valence electrons. The van der Waals surface area contributed by atoms with Gasteiger partial charge in [-0.2, -0.15) is 0 Å². The van der Waals surface area contributed by atoms with Gasteiger partial charge in [-0.25, -0.2) is 0 Å². The third-order valence-corrected chi connectivity index (χ3v) is 5.16. The molecule has 0 radical (unpaired) electrons. The molecule has 0 N–H and O–H groups in total. The van der Waals surface area contributed by atoms with Crippen LogP contribution in [0.3, 0.4) is 0 Å². The number of hydrogen-bond acceptors (Lipinski definition) is 1. The number of benzene rings is 1. The van der Waals surface area contributed by atoms with Gasteiger partial charge in [-0.1, -0.05) is 133 Å². The van der Waals surface area contributed by atoms with Gasteiger partial charge in [0.25, 0.3) is 0 Å². The lowest BCUT2D eigenvalue weighted by Crippen LogP contribution is -2.01. The zero-order valence-electron chi connectivity index (χ0n) is 17.8. The number of rotatable bonds is 3. The molecule has 1 aliphatic carbocycles. The van der Waals surface area contributed by atoms with Gasteiger partial charge in [-0.05, 0) is 40.9 Å². The third-order valence-electron chi connectivity index (χ3n) is 5.16. The minimum absolute atomic E-state index is 0. The topological polar surface area (TPSA) is 12.9 Å². The van der Waals surface area contributed by atoms with E-state index < -0.39 is 0 Å². The maximum atomic E-state index is 4.01. The summed E-state index contributed by atoms with van der Waals surface area (Å²) in [6.07, 6.45) is 9.68. The standard InChI is InChI=1S/C9H12.C8H11N.C8H16.4CH4/c1-8(2)9-6-4-3-5-7-9;1-7(2)8-4-3-5-9-6-8;1-7(2)8-5-3-4-6-8;;;;/h3-8H,1-2H3;3-7H,1-2H3;7-8H,3-6H2,1-2H3;4*1H4. The second-order valence-electron chi connectivity index (χ2n) is 8.29. The largest absolute Gasteiger partial charge is 0.264 e. The van der Waals surface area contributed by atoms with Crippen molar-refractivity contribution in [3.8, 4) is 0 Å². The smallest absolute Gasteiger partial charge is 0.0302 e. The van der Waals surface area contributed by atoms with E-state index in [0.29, 0.717) is 11.8 Å². The first-order valence-electron chi connectivity index (χ1n) is 10.4. The van der Waals surface area contributed by atoms with Gasteiger partial charge in [0.05, 0.1) is 0 Å². The van der Waals surface area contributed by atoms with Crippen LogP contribution in [0.2, 0.25) is 0 Å². The summed E-state index contributed by atoms with van der Waals surface area (Å²) in [4.78, 5) is 4.01. The molecule has 1 aliphatic rings. The molecule has 1 saturated carbocycles. The van der Waals surface area contributed by atoms with Crippen molar-refractivity contribution in [3.05, 3.63) is 66.0 Å². The minimum Gasteiger partial charge on any atom is -0.264 e. The number of nitrogens with zero attached hydrogens (tertiary/aromatic N) is 1. The van der Waals surface area contributed by atoms with Gasteiger partial charge in [0.15, 0.2) is 0 Å². The van der Waals surface area contributed by atoms with E-state index in [0.717, 1.165) is 11.8 Å². The molecule has 0 aliphatic heterocycles. The fourth-order valence-electron chi connectivity index (χ4n) is 3.18. The van der Waals surface area contributed by atoms with E-state index in [1.54, 1.807) is 6.20 Å². The van der Waals surface area contributed by atoms with E-state index in [9.17, 15) is 0 Å². The van der Waals surface area contributed by atoms with E-state index in [-0.39, 0.29) is 29.7 Å². The van der Waals surface area contributed by atoms with E-state index >= 15 is 0 Å². The summed E-state index contributed by atoms with van der Waals surface area (Å²) in [6.45, 7) is 13.4. The molecule has 1 heterocycles. The SMILES string of the molecule is C.C.C.C.CC(C)C1CCCC1.CC(C)c1ccccc1.CC(C)c1cccnc1. The van der Waals surface area contributed by atoms with Gasteiger partial charge in [-0.3, -0.25) is 4.98 Å². The van der Waals surface area contributed by atoms with Gasteiger partial charge >= 0.3 is 0 Å². The second-order valence-corrected chi connectivity index (χ2v) is 8.29. The monoisotopic (exact) mass is 417 g/mol. The number of aromatic nitrogens is 1. The summed E-state index contributed by atoms with van der Waals surface area (Å²) in [7, 11) is 0. The Bertz CT molecular complexity index is 508. The maximum absolute atomic E-state index is 4.01. The summed E-state index contributed by atoms with van der Waals surface area (Å²) in [5, 5.41) is 0. The van der Waals surface area contributed by atoms with Gasteiger partial charge in [-0.15, -0.1) is 0 Å². The summed E-state index contributed by atoms with van der Waals surface area (Å²) in [5.74, 6) is 3.26. The molecule has 3 rings (SSSR count). The first-order valence-corrected chi connectivity index (χ1v) is 10.4. The first-order chi connectivity index (χ1) is 12.4. The molecule has 1 heteroatoms. The Morgan fingerprint density at radius 2 is 1.13 bits per heavy atom. The van der Waals surface area contributed by atoms with Crippen LogP contribution in [0.4, 0.5) is 0 Å². The van der Waals surface area contributed by atoms with Crippen LogP contribution >= 0.6 is 0 Å². The Morgan fingerprint density at radius 3 is 1.40 bits per heavy atom. The fraction of sp³-hybridized carbons (Fsp3) is 0.621.